The summed E-state index contributed by atoms with van der Waals surface area (Å²) in [4.78, 5) is 56.0. The Morgan fingerprint density at radius 1 is 1.47 bits per heavy atom. The molecule has 1 aromatic rings. The second-order valence-corrected chi connectivity index (χ2v) is 8.47. The van der Waals surface area contributed by atoms with E-state index in [9.17, 15) is 37.5 Å². The first-order valence-corrected chi connectivity index (χ1v) is 10.6. The Morgan fingerprint density at radius 2 is 2.19 bits per heavy atom. The number of alkyl halides is 3. The number of halogens is 4. The van der Waals surface area contributed by atoms with Crippen molar-refractivity contribution in [2.24, 2.45) is 5.16 Å². The lowest BCUT2D eigenvalue weighted by atomic mass is 10.0. The lowest BCUT2D eigenvalue weighted by molar-refractivity contribution is -0.174. The number of carbonyl (C=O) groups is 4. The number of nitrogens with one attached hydrogen (secondary N) is 2. The van der Waals surface area contributed by atoms with Gasteiger partial charge in [-0.05, 0) is 0 Å². The Bertz CT molecular complexity index is 1030. The molecule has 0 aromatic carbocycles. The molecule has 0 spiro atoms. The molecule has 3 rings (SSSR count). The lowest BCUT2D eigenvalue weighted by Crippen LogP contribution is -2.71. The van der Waals surface area contributed by atoms with Crippen molar-refractivity contribution in [1.82, 2.24) is 15.2 Å². The van der Waals surface area contributed by atoms with Crippen LogP contribution < -0.4 is 10.6 Å². The molecule has 3 heterocycles. The molecule has 2 aliphatic rings. The molecule has 1 fully saturated rings. The average molecular weight is 514 g/mol. The summed E-state index contributed by atoms with van der Waals surface area (Å²) < 4.78 is 37.2. The van der Waals surface area contributed by atoms with Crippen molar-refractivity contribution in [1.29, 1.82) is 0 Å². The molecule has 2 aliphatic heterocycles. The van der Waals surface area contributed by atoms with Gasteiger partial charge in [-0.2, -0.15) is 13.2 Å². The van der Waals surface area contributed by atoms with Crippen LogP contribution >= 0.6 is 34.7 Å². The molecular weight excluding hydrogens is 503 g/mol. The molecule has 172 valence electrons. The number of carboxylic acids is 1. The van der Waals surface area contributed by atoms with Crippen molar-refractivity contribution in [3.8, 4) is 0 Å². The van der Waals surface area contributed by atoms with Gasteiger partial charge in [-0.1, -0.05) is 16.8 Å². The molecular formula is C15H11ClF3N5O6S2. The van der Waals surface area contributed by atoms with Gasteiger partial charge in [0.1, 0.15) is 22.8 Å². The smallest absolute Gasteiger partial charge is 0.425 e. The normalized spacial score (nSPS) is 20.9. The summed E-state index contributed by atoms with van der Waals surface area (Å²) in [5.41, 5.74) is -1.30. The fourth-order valence-corrected chi connectivity index (χ4v) is 4.87. The molecule has 17 heteroatoms. The van der Waals surface area contributed by atoms with Gasteiger partial charge in [-0.3, -0.25) is 19.3 Å². The van der Waals surface area contributed by atoms with Gasteiger partial charge in [0.05, 0.1) is 5.03 Å². The third kappa shape index (κ3) is 4.97. The molecule has 1 unspecified atom stereocenters. The number of hydrogen-bond acceptors (Lipinski definition) is 9. The van der Waals surface area contributed by atoms with Crippen LogP contribution in [-0.2, 0) is 24.0 Å². The molecule has 3 N–H and O–H groups in total. The highest BCUT2D eigenvalue weighted by Crippen LogP contribution is 2.41. The van der Waals surface area contributed by atoms with E-state index in [1.54, 1.807) is 0 Å². The summed E-state index contributed by atoms with van der Waals surface area (Å²) in [7, 11) is 0. The Hall–Kier alpha value is -2.85. The van der Waals surface area contributed by atoms with Crippen molar-refractivity contribution in [2.45, 2.75) is 17.6 Å². The van der Waals surface area contributed by atoms with Gasteiger partial charge in [-0.15, -0.1) is 23.1 Å². The number of aromatic nitrogens is 1. The number of carbonyl (C=O) groups excluding carboxylic acids is 3. The molecule has 32 heavy (non-hydrogen) atoms. The van der Waals surface area contributed by atoms with Crippen molar-refractivity contribution < 1.29 is 42.3 Å². The van der Waals surface area contributed by atoms with E-state index in [2.05, 4.69) is 25.6 Å². The van der Waals surface area contributed by atoms with Crippen LogP contribution in [0, 0.1) is 0 Å². The van der Waals surface area contributed by atoms with E-state index in [0.717, 1.165) is 28.0 Å². The Kier molecular flexibility index (Phi) is 6.94. The molecule has 0 aliphatic carbocycles. The number of hydrogen-bond donors (Lipinski definition) is 3. The van der Waals surface area contributed by atoms with Crippen LogP contribution in [0.15, 0.2) is 21.3 Å². The van der Waals surface area contributed by atoms with Crippen LogP contribution in [0.5, 0.6) is 0 Å². The van der Waals surface area contributed by atoms with Crippen LogP contribution in [0.1, 0.15) is 5.69 Å². The minimum absolute atomic E-state index is 0.0333. The number of thiazole rings is 1. The number of β-lactam (4-membered cyclic amide) rings is 1. The molecule has 0 radical (unpaired) electrons. The number of thioether (sulfide) groups is 1. The van der Waals surface area contributed by atoms with Crippen molar-refractivity contribution in [3.05, 3.63) is 21.8 Å². The van der Waals surface area contributed by atoms with Crippen LogP contribution in [0.3, 0.4) is 0 Å². The SMILES string of the molecule is O=CNc1nc(C(=NOCC(F)(F)F)C(=O)NC2C(=O)N3C(C(=O)O)=C(Cl)CS[C@H]23)cs1. The average Bonchev–Trinajstić information content (AvgIpc) is 3.16. The fraction of sp³-hybridized carbons (Fsp3) is 0.333. The minimum atomic E-state index is -4.72. The lowest BCUT2D eigenvalue weighted by Gasteiger charge is -2.48. The zero-order valence-corrected chi connectivity index (χ0v) is 17.8. The van der Waals surface area contributed by atoms with Crippen LogP contribution in [0.2, 0.25) is 0 Å². The first-order valence-electron chi connectivity index (χ1n) is 8.33. The first kappa shape index (κ1) is 23.8. The van der Waals surface area contributed by atoms with E-state index in [1.807, 2.05) is 0 Å². The van der Waals surface area contributed by atoms with E-state index >= 15 is 0 Å². The number of amides is 3. The molecule has 0 saturated carbocycles. The second-order valence-electron chi connectivity index (χ2n) is 6.05. The van der Waals surface area contributed by atoms with E-state index < -0.39 is 53.4 Å². The standard InChI is InChI=1S/C15H11ClF3N5O6S2/c16-5-1-31-12-8(11(27)24(12)9(5)13(28)29)22-10(26)7(23-30-3-15(17,18)19)6-2-32-14(21-6)20-4-25/h2,4,8,12H,1,3H2,(H,22,26)(H,28,29)(H,20,21,25)/t8?,12-/m1/s1. The summed E-state index contributed by atoms with van der Waals surface area (Å²) in [6.07, 6.45) is -4.42. The summed E-state index contributed by atoms with van der Waals surface area (Å²) in [6.45, 7) is -1.78. The monoisotopic (exact) mass is 513 g/mol. The summed E-state index contributed by atoms with van der Waals surface area (Å²) in [5.74, 6) is -3.21. The number of aliphatic carboxylic acids is 1. The van der Waals surface area contributed by atoms with Gasteiger partial charge in [-0.25, -0.2) is 9.78 Å². The zero-order chi connectivity index (χ0) is 23.6. The predicted molar refractivity (Wildman–Crippen MR) is 106 cm³/mol. The molecule has 1 saturated heterocycles. The van der Waals surface area contributed by atoms with Crippen molar-refractivity contribution >= 4 is 69.7 Å². The molecule has 0 bridgehead atoms. The van der Waals surface area contributed by atoms with E-state index in [0.29, 0.717) is 6.41 Å². The molecule has 3 amide bonds. The number of oxime groups is 1. The summed E-state index contributed by atoms with van der Waals surface area (Å²) in [5, 5.41) is 17.4. The zero-order valence-electron chi connectivity index (χ0n) is 15.4. The summed E-state index contributed by atoms with van der Waals surface area (Å²) in [6, 6.07) is -1.19. The number of anilines is 1. The van der Waals surface area contributed by atoms with E-state index in [4.69, 9.17) is 11.6 Å². The van der Waals surface area contributed by atoms with Crippen molar-refractivity contribution in [3.63, 3.8) is 0 Å². The maximum atomic E-state index is 12.7. The largest absolute Gasteiger partial charge is 0.477 e. The van der Waals surface area contributed by atoms with E-state index in [-0.39, 0.29) is 21.6 Å². The fourth-order valence-electron chi connectivity index (χ4n) is 2.67. The number of nitrogens with zero attached hydrogens (tertiary/aromatic N) is 3. The highest BCUT2D eigenvalue weighted by molar-refractivity contribution is 8.00. The second kappa shape index (κ2) is 9.33. The third-order valence-electron chi connectivity index (χ3n) is 3.94. The summed E-state index contributed by atoms with van der Waals surface area (Å²) >= 11 is 7.83. The van der Waals surface area contributed by atoms with Gasteiger partial charge in [0.2, 0.25) is 13.0 Å². The highest BCUT2D eigenvalue weighted by atomic mass is 35.5. The highest BCUT2D eigenvalue weighted by Gasteiger charge is 2.54. The number of fused-ring (bicyclic) bond motifs is 1. The van der Waals surface area contributed by atoms with Crippen molar-refractivity contribution in [2.75, 3.05) is 17.7 Å². The quantitative estimate of drug-likeness (QED) is 0.201. The van der Waals surface area contributed by atoms with Crippen LogP contribution in [0.4, 0.5) is 18.3 Å². The molecule has 11 nitrogen and oxygen atoms in total. The number of rotatable bonds is 8. The Balaban J connectivity index is 1.80. The predicted octanol–water partition coefficient (Wildman–Crippen LogP) is 0.929. The minimum Gasteiger partial charge on any atom is -0.477 e. The third-order valence-corrected chi connectivity index (χ3v) is 6.46. The van der Waals surface area contributed by atoms with E-state index in [1.165, 1.54) is 5.38 Å². The van der Waals surface area contributed by atoms with Crippen LogP contribution in [-0.4, -0.2) is 74.8 Å². The van der Waals surface area contributed by atoms with Gasteiger partial charge in [0.15, 0.2) is 10.8 Å². The topological polar surface area (TPSA) is 150 Å². The number of carboxylic acid groups (broad SMARTS) is 1. The van der Waals surface area contributed by atoms with Gasteiger partial charge < -0.3 is 20.6 Å². The first-order chi connectivity index (χ1) is 15.0. The van der Waals surface area contributed by atoms with Gasteiger partial charge in [0.25, 0.3) is 11.8 Å². The maximum absolute atomic E-state index is 12.7. The Labute approximate surface area is 189 Å². The maximum Gasteiger partial charge on any atom is 0.425 e. The van der Waals surface area contributed by atoms with Gasteiger partial charge in [0, 0.05) is 11.1 Å². The Morgan fingerprint density at radius 3 is 2.81 bits per heavy atom. The molecule has 2 atom stereocenters. The van der Waals surface area contributed by atoms with Crippen LogP contribution in [0.25, 0.3) is 0 Å². The molecule has 1 aromatic heterocycles. The van der Waals surface area contributed by atoms with Gasteiger partial charge >= 0.3 is 12.1 Å².